The molecule has 58 valence electrons. The van der Waals surface area contributed by atoms with Crippen LogP contribution >= 0.6 is 0 Å². The van der Waals surface area contributed by atoms with Gasteiger partial charge in [-0.05, 0) is 0 Å². The third-order valence-corrected chi connectivity index (χ3v) is 1.73. The summed E-state index contributed by atoms with van der Waals surface area (Å²) in [6.07, 6.45) is -3.37. The first-order chi connectivity index (χ1) is 4.66. The minimum absolute atomic E-state index is 0.372. The van der Waals surface area contributed by atoms with Gasteiger partial charge in [-0.2, -0.15) is 0 Å². The van der Waals surface area contributed by atoms with Crippen LogP contribution in [0.1, 0.15) is 0 Å². The fraction of sp³-hybridized carbons (Fsp3) is 1.00. The molecule has 0 radical (unpaired) electrons. The molecule has 1 saturated heterocycles. The number of rotatable bonds is 1. The highest BCUT2D eigenvalue weighted by molar-refractivity contribution is 6.11. The average molecular weight is 148 g/mol. The van der Waals surface area contributed by atoms with Crippen LogP contribution in [-0.4, -0.2) is 49.0 Å². The van der Waals surface area contributed by atoms with Gasteiger partial charge in [0, 0.05) is 0 Å². The maximum Gasteiger partial charge on any atom is 0.156 e. The SMILES string of the molecule is B[C@@H]1O[C@H](CO)C(F)[C@@H]1O. The van der Waals surface area contributed by atoms with E-state index in [4.69, 9.17) is 14.9 Å². The fourth-order valence-electron chi connectivity index (χ4n) is 1.05. The summed E-state index contributed by atoms with van der Waals surface area (Å²) >= 11 is 0. The lowest BCUT2D eigenvalue weighted by Gasteiger charge is -2.07. The summed E-state index contributed by atoms with van der Waals surface area (Å²) in [6, 6.07) is -0.507. The Balaban J connectivity index is 2.53. The van der Waals surface area contributed by atoms with E-state index in [0.717, 1.165) is 0 Å². The van der Waals surface area contributed by atoms with Gasteiger partial charge in [-0.1, -0.05) is 0 Å². The minimum atomic E-state index is -1.44. The van der Waals surface area contributed by atoms with Crippen LogP contribution in [0.3, 0.4) is 0 Å². The predicted octanol–water partition coefficient (Wildman–Crippen LogP) is -1.96. The molecule has 0 saturated carbocycles. The highest BCUT2D eigenvalue weighted by Gasteiger charge is 2.40. The van der Waals surface area contributed by atoms with Crippen LogP contribution < -0.4 is 0 Å². The summed E-state index contributed by atoms with van der Waals surface area (Å²) in [4.78, 5) is 0. The minimum Gasteiger partial charge on any atom is -0.394 e. The van der Waals surface area contributed by atoms with Crippen LogP contribution in [0.4, 0.5) is 4.39 Å². The summed E-state index contributed by atoms with van der Waals surface area (Å²) in [5, 5.41) is 17.5. The summed E-state index contributed by atoms with van der Waals surface area (Å²) in [6.45, 7) is -0.372. The van der Waals surface area contributed by atoms with E-state index in [1.807, 2.05) is 0 Å². The molecule has 10 heavy (non-hydrogen) atoms. The van der Waals surface area contributed by atoms with Crippen molar-refractivity contribution in [2.75, 3.05) is 6.61 Å². The van der Waals surface area contributed by atoms with Crippen molar-refractivity contribution in [3.05, 3.63) is 0 Å². The molecule has 1 aliphatic rings. The zero-order chi connectivity index (χ0) is 7.72. The molecular formula is C5H10BFO3. The van der Waals surface area contributed by atoms with Gasteiger partial charge >= 0.3 is 0 Å². The third-order valence-electron chi connectivity index (χ3n) is 1.73. The van der Waals surface area contributed by atoms with Gasteiger partial charge in [-0.3, -0.25) is 0 Å². The Labute approximate surface area is 59.2 Å². The molecule has 2 N–H and O–H groups in total. The summed E-state index contributed by atoms with van der Waals surface area (Å²) < 4.78 is 17.6. The number of halogens is 1. The van der Waals surface area contributed by atoms with Crippen molar-refractivity contribution in [1.82, 2.24) is 0 Å². The second-order valence-corrected chi connectivity index (χ2v) is 2.50. The van der Waals surface area contributed by atoms with Gasteiger partial charge in [0.05, 0.1) is 12.6 Å². The molecule has 1 rings (SSSR count). The first-order valence-corrected chi connectivity index (χ1v) is 3.25. The molecule has 0 aliphatic carbocycles. The van der Waals surface area contributed by atoms with Gasteiger partial charge in [-0.25, -0.2) is 4.39 Å². The van der Waals surface area contributed by atoms with Crippen LogP contribution in [0, 0.1) is 0 Å². The maximum atomic E-state index is 12.7. The highest BCUT2D eigenvalue weighted by atomic mass is 19.1. The summed E-state index contributed by atoms with van der Waals surface area (Å²) in [5.41, 5.74) is 0. The van der Waals surface area contributed by atoms with Gasteiger partial charge in [-0.15, -0.1) is 0 Å². The van der Waals surface area contributed by atoms with E-state index in [9.17, 15) is 4.39 Å². The smallest absolute Gasteiger partial charge is 0.156 e. The van der Waals surface area contributed by atoms with E-state index in [0.29, 0.717) is 0 Å². The van der Waals surface area contributed by atoms with Crippen molar-refractivity contribution in [3.8, 4) is 0 Å². The number of aliphatic hydroxyl groups excluding tert-OH is 2. The van der Waals surface area contributed by atoms with E-state index in [-0.39, 0.29) is 6.61 Å². The Hall–Kier alpha value is -0.125. The van der Waals surface area contributed by atoms with Gasteiger partial charge in [0.25, 0.3) is 0 Å². The Morgan fingerprint density at radius 2 is 2.20 bits per heavy atom. The summed E-state index contributed by atoms with van der Waals surface area (Å²) in [5.74, 6) is 0. The van der Waals surface area contributed by atoms with Crippen molar-refractivity contribution >= 4 is 7.85 Å². The molecule has 0 aromatic carbocycles. The topological polar surface area (TPSA) is 49.7 Å². The van der Waals surface area contributed by atoms with Crippen molar-refractivity contribution in [2.24, 2.45) is 0 Å². The van der Waals surface area contributed by atoms with E-state index in [1.54, 1.807) is 7.85 Å². The molecule has 4 atom stereocenters. The number of hydrogen-bond acceptors (Lipinski definition) is 3. The van der Waals surface area contributed by atoms with E-state index >= 15 is 0 Å². The molecule has 0 amide bonds. The number of hydrogen-bond donors (Lipinski definition) is 2. The van der Waals surface area contributed by atoms with E-state index in [2.05, 4.69) is 0 Å². The van der Waals surface area contributed by atoms with Gasteiger partial charge in [0.1, 0.15) is 20.1 Å². The second kappa shape index (κ2) is 2.86. The number of ether oxygens (including phenoxy) is 1. The van der Waals surface area contributed by atoms with Crippen molar-refractivity contribution < 1.29 is 19.3 Å². The van der Waals surface area contributed by atoms with E-state index in [1.165, 1.54) is 0 Å². The van der Waals surface area contributed by atoms with Crippen LogP contribution in [0.15, 0.2) is 0 Å². The first kappa shape index (κ1) is 7.98. The summed E-state index contributed by atoms with van der Waals surface area (Å²) in [7, 11) is 1.58. The van der Waals surface area contributed by atoms with Crippen molar-refractivity contribution in [2.45, 2.75) is 24.4 Å². The first-order valence-electron chi connectivity index (χ1n) is 3.25. The zero-order valence-corrected chi connectivity index (χ0v) is 5.70. The maximum absolute atomic E-state index is 12.7. The van der Waals surface area contributed by atoms with Crippen LogP contribution in [0.25, 0.3) is 0 Å². The van der Waals surface area contributed by atoms with Gasteiger partial charge in [0.15, 0.2) is 6.17 Å². The zero-order valence-electron chi connectivity index (χ0n) is 5.70. The van der Waals surface area contributed by atoms with Crippen molar-refractivity contribution in [3.63, 3.8) is 0 Å². The average Bonchev–Trinajstić information content (AvgIpc) is 2.17. The van der Waals surface area contributed by atoms with Crippen LogP contribution in [0.2, 0.25) is 0 Å². The lowest BCUT2D eigenvalue weighted by atomic mass is 9.94. The van der Waals surface area contributed by atoms with Crippen LogP contribution in [0.5, 0.6) is 0 Å². The molecule has 1 fully saturated rings. The molecule has 0 aromatic heterocycles. The molecule has 1 aliphatic heterocycles. The largest absolute Gasteiger partial charge is 0.394 e. The normalized spacial score (nSPS) is 47.9. The molecule has 1 unspecified atom stereocenters. The lowest BCUT2D eigenvalue weighted by Crippen LogP contribution is -2.30. The molecule has 0 spiro atoms. The Kier molecular flexibility index (Phi) is 2.28. The predicted molar refractivity (Wildman–Crippen MR) is 35.2 cm³/mol. The van der Waals surface area contributed by atoms with E-state index < -0.39 is 24.4 Å². The number of alkyl halides is 1. The molecular weight excluding hydrogens is 138 g/mol. The monoisotopic (exact) mass is 148 g/mol. The molecule has 0 bridgehead atoms. The fourth-order valence-corrected chi connectivity index (χ4v) is 1.05. The standard InChI is InChI=1S/C5H10BFO3/c6-5-4(9)3(7)2(1-8)10-5/h2-5,8-9H,1,6H2/t2-,3?,4+,5-/m1/s1. The Bertz CT molecular complexity index is 123. The number of aliphatic hydroxyl groups is 2. The lowest BCUT2D eigenvalue weighted by molar-refractivity contribution is 0.0184. The Morgan fingerprint density at radius 1 is 1.60 bits per heavy atom. The Morgan fingerprint density at radius 3 is 2.40 bits per heavy atom. The molecule has 5 heteroatoms. The molecule has 3 nitrogen and oxygen atoms in total. The third kappa shape index (κ3) is 1.16. The van der Waals surface area contributed by atoms with Gasteiger partial charge in [0.2, 0.25) is 0 Å². The second-order valence-electron chi connectivity index (χ2n) is 2.50. The molecule has 1 heterocycles. The van der Waals surface area contributed by atoms with Crippen molar-refractivity contribution in [1.29, 1.82) is 0 Å². The quantitative estimate of drug-likeness (QED) is 0.424. The highest BCUT2D eigenvalue weighted by Crippen LogP contribution is 2.21. The molecule has 0 aromatic rings. The van der Waals surface area contributed by atoms with Crippen LogP contribution in [-0.2, 0) is 4.74 Å². The van der Waals surface area contributed by atoms with Gasteiger partial charge < -0.3 is 14.9 Å².